The highest BCUT2D eigenvalue weighted by Gasteiger charge is 2.18. The minimum atomic E-state index is -0.331. The molecule has 20 heavy (non-hydrogen) atoms. The van der Waals surface area contributed by atoms with Crippen LogP contribution in [0.15, 0.2) is 23.1 Å². The summed E-state index contributed by atoms with van der Waals surface area (Å²) in [7, 11) is 0. The summed E-state index contributed by atoms with van der Waals surface area (Å²) in [5.74, 6) is -0.483. The fraction of sp³-hybridized carbons (Fsp3) is 0.500. The molecule has 0 saturated carbocycles. The number of nitrogens with one attached hydrogen (secondary N) is 2. The van der Waals surface area contributed by atoms with Crippen LogP contribution in [0.2, 0.25) is 0 Å². The fourth-order valence-electron chi connectivity index (χ4n) is 1.78. The number of carbonyl (C=O) groups is 2. The number of hydrogen-bond donors (Lipinski definition) is 2. The van der Waals surface area contributed by atoms with Crippen molar-refractivity contribution in [2.45, 2.75) is 26.7 Å². The molecule has 0 unspecified atom stereocenters. The molecule has 0 bridgehead atoms. The molecule has 6 heteroatoms. The van der Waals surface area contributed by atoms with Gasteiger partial charge >= 0.3 is 0 Å². The predicted molar refractivity (Wildman–Crippen MR) is 76.6 cm³/mol. The molecule has 110 valence electrons. The molecule has 1 aromatic heterocycles. The third-order valence-electron chi connectivity index (χ3n) is 2.71. The summed E-state index contributed by atoms with van der Waals surface area (Å²) in [6.07, 6.45) is 3.02. The van der Waals surface area contributed by atoms with E-state index in [1.807, 2.05) is 13.8 Å². The maximum absolute atomic E-state index is 12.3. The zero-order valence-corrected chi connectivity index (χ0v) is 11.9. The molecule has 0 saturated heterocycles. The van der Waals surface area contributed by atoms with E-state index in [2.05, 4.69) is 10.3 Å². The number of H-pyrrole nitrogens is 1. The topological polar surface area (TPSA) is 82.3 Å². The van der Waals surface area contributed by atoms with Gasteiger partial charge in [-0.2, -0.15) is 0 Å². The lowest BCUT2D eigenvalue weighted by molar-refractivity contribution is -0.121. The van der Waals surface area contributed by atoms with Crippen molar-refractivity contribution < 1.29 is 9.59 Å². The Morgan fingerprint density at radius 1 is 1.30 bits per heavy atom. The Labute approximate surface area is 118 Å². The molecule has 6 nitrogen and oxygen atoms in total. The molecule has 1 heterocycles. The first-order valence-electron chi connectivity index (χ1n) is 6.83. The maximum atomic E-state index is 12.3. The van der Waals surface area contributed by atoms with Crippen molar-refractivity contribution in [3.8, 4) is 0 Å². The second-order valence-electron chi connectivity index (χ2n) is 4.52. The number of aromatic nitrogens is 1. The first-order valence-corrected chi connectivity index (χ1v) is 6.83. The molecule has 0 aromatic carbocycles. The number of rotatable bonds is 7. The molecule has 0 spiro atoms. The summed E-state index contributed by atoms with van der Waals surface area (Å²) < 4.78 is 0. The highest BCUT2D eigenvalue weighted by molar-refractivity contribution is 5.96. The van der Waals surface area contributed by atoms with Gasteiger partial charge in [0.25, 0.3) is 5.91 Å². The van der Waals surface area contributed by atoms with Crippen LogP contribution in [0.1, 0.15) is 37.0 Å². The standard InChI is InChI=1S/C14H21N3O3/c1-3-6-15-13(19)10-17(8-4-2)14(20)11-5-7-16-12(18)9-11/h5,7,9H,3-4,6,8,10H2,1-2H3,(H,15,19)(H,16,18). The first-order chi connectivity index (χ1) is 9.58. The lowest BCUT2D eigenvalue weighted by Crippen LogP contribution is -2.41. The molecular weight excluding hydrogens is 258 g/mol. The second-order valence-corrected chi connectivity index (χ2v) is 4.52. The average Bonchev–Trinajstić information content (AvgIpc) is 2.44. The Morgan fingerprint density at radius 3 is 2.65 bits per heavy atom. The molecule has 2 amide bonds. The molecule has 1 aromatic rings. The van der Waals surface area contributed by atoms with Crippen molar-refractivity contribution in [2.24, 2.45) is 0 Å². The lowest BCUT2D eigenvalue weighted by Gasteiger charge is -2.21. The van der Waals surface area contributed by atoms with E-state index in [1.54, 1.807) is 0 Å². The van der Waals surface area contributed by atoms with Crippen LogP contribution in [-0.2, 0) is 4.79 Å². The number of aromatic amines is 1. The summed E-state index contributed by atoms with van der Waals surface area (Å²) in [5, 5.41) is 2.74. The zero-order valence-electron chi connectivity index (χ0n) is 11.9. The Balaban J connectivity index is 2.77. The molecule has 0 aliphatic carbocycles. The minimum Gasteiger partial charge on any atom is -0.355 e. The van der Waals surface area contributed by atoms with E-state index in [0.29, 0.717) is 18.7 Å². The van der Waals surface area contributed by atoms with Gasteiger partial charge in [-0.3, -0.25) is 14.4 Å². The van der Waals surface area contributed by atoms with Gasteiger partial charge in [-0.1, -0.05) is 13.8 Å². The highest BCUT2D eigenvalue weighted by atomic mass is 16.2. The van der Waals surface area contributed by atoms with Gasteiger partial charge in [-0.15, -0.1) is 0 Å². The van der Waals surface area contributed by atoms with Crippen LogP contribution in [-0.4, -0.2) is 41.3 Å². The third kappa shape index (κ3) is 4.87. The van der Waals surface area contributed by atoms with Gasteiger partial charge in [0.05, 0.1) is 6.54 Å². The van der Waals surface area contributed by atoms with Crippen LogP contribution >= 0.6 is 0 Å². The van der Waals surface area contributed by atoms with Crippen molar-refractivity contribution in [2.75, 3.05) is 19.6 Å². The number of hydrogen-bond acceptors (Lipinski definition) is 3. The molecule has 0 radical (unpaired) electrons. The van der Waals surface area contributed by atoms with Crippen molar-refractivity contribution >= 4 is 11.8 Å². The number of nitrogens with zero attached hydrogens (tertiary/aromatic N) is 1. The summed E-state index contributed by atoms with van der Waals surface area (Å²) in [6, 6.07) is 2.78. The van der Waals surface area contributed by atoms with E-state index >= 15 is 0 Å². The van der Waals surface area contributed by atoms with Crippen LogP contribution in [0.4, 0.5) is 0 Å². The Morgan fingerprint density at radius 2 is 2.05 bits per heavy atom. The van der Waals surface area contributed by atoms with Gasteiger partial charge in [0, 0.05) is 30.9 Å². The van der Waals surface area contributed by atoms with Gasteiger partial charge in [0.15, 0.2) is 0 Å². The van der Waals surface area contributed by atoms with Crippen LogP contribution in [0.25, 0.3) is 0 Å². The quantitative estimate of drug-likeness (QED) is 0.773. The van der Waals surface area contributed by atoms with Gasteiger partial charge in [-0.25, -0.2) is 0 Å². The fourth-order valence-corrected chi connectivity index (χ4v) is 1.78. The van der Waals surface area contributed by atoms with Crippen molar-refractivity contribution in [3.63, 3.8) is 0 Å². The first kappa shape index (κ1) is 15.9. The van der Waals surface area contributed by atoms with Crippen LogP contribution in [0.5, 0.6) is 0 Å². The van der Waals surface area contributed by atoms with Crippen LogP contribution in [0.3, 0.4) is 0 Å². The lowest BCUT2D eigenvalue weighted by atomic mass is 10.2. The monoisotopic (exact) mass is 279 g/mol. The zero-order chi connectivity index (χ0) is 15.0. The van der Waals surface area contributed by atoms with E-state index in [9.17, 15) is 14.4 Å². The molecule has 0 aliphatic heterocycles. The predicted octanol–water partition coefficient (Wildman–Crippen LogP) is 0.753. The maximum Gasteiger partial charge on any atom is 0.254 e. The molecule has 0 fully saturated rings. The normalized spacial score (nSPS) is 10.1. The SMILES string of the molecule is CCCNC(=O)CN(CCC)C(=O)c1cc[nH]c(=O)c1. The van der Waals surface area contributed by atoms with Crippen molar-refractivity contribution in [1.29, 1.82) is 0 Å². The van der Waals surface area contributed by atoms with Gasteiger partial charge in [0.2, 0.25) is 11.5 Å². The highest BCUT2D eigenvalue weighted by Crippen LogP contribution is 2.03. The smallest absolute Gasteiger partial charge is 0.254 e. The van der Waals surface area contributed by atoms with E-state index in [0.717, 1.165) is 12.8 Å². The van der Waals surface area contributed by atoms with E-state index in [1.165, 1.54) is 23.2 Å². The molecule has 0 aliphatic rings. The Hall–Kier alpha value is -2.11. The molecule has 2 N–H and O–H groups in total. The Kier molecular flexibility index (Phi) is 6.49. The van der Waals surface area contributed by atoms with Crippen molar-refractivity contribution in [1.82, 2.24) is 15.2 Å². The second kappa shape index (κ2) is 8.14. The number of amides is 2. The summed E-state index contributed by atoms with van der Waals surface area (Å²) >= 11 is 0. The third-order valence-corrected chi connectivity index (χ3v) is 2.71. The number of pyridine rings is 1. The Bertz CT molecular complexity index is 510. The average molecular weight is 279 g/mol. The molecule has 1 rings (SSSR count). The van der Waals surface area contributed by atoms with Gasteiger partial charge < -0.3 is 15.2 Å². The van der Waals surface area contributed by atoms with E-state index in [-0.39, 0.29) is 23.9 Å². The van der Waals surface area contributed by atoms with Crippen LogP contribution in [0, 0.1) is 0 Å². The van der Waals surface area contributed by atoms with Crippen molar-refractivity contribution in [3.05, 3.63) is 34.2 Å². The summed E-state index contributed by atoms with van der Waals surface area (Å²) in [6.45, 7) is 4.98. The summed E-state index contributed by atoms with van der Waals surface area (Å²) in [4.78, 5) is 39.2. The summed E-state index contributed by atoms with van der Waals surface area (Å²) in [5.41, 5.74) is -0.0341. The largest absolute Gasteiger partial charge is 0.355 e. The van der Waals surface area contributed by atoms with Gasteiger partial charge in [0.1, 0.15) is 0 Å². The van der Waals surface area contributed by atoms with Gasteiger partial charge in [-0.05, 0) is 18.9 Å². The number of carbonyl (C=O) groups excluding carboxylic acids is 2. The molecular formula is C14H21N3O3. The molecule has 0 atom stereocenters. The van der Waals surface area contributed by atoms with E-state index < -0.39 is 0 Å². The minimum absolute atomic E-state index is 0.0134. The van der Waals surface area contributed by atoms with E-state index in [4.69, 9.17) is 0 Å². The van der Waals surface area contributed by atoms with Crippen LogP contribution < -0.4 is 10.9 Å².